The molecular weight excluding hydrogens is 298 g/mol. The van der Waals surface area contributed by atoms with Crippen LogP contribution in [0.3, 0.4) is 0 Å². The number of amides is 1. The molecule has 4 N–H and O–H groups in total. The second-order valence-electron chi connectivity index (χ2n) is 6.30. The van der Waals surface area contributed by atoms with Crippen molar-refractivity contribution in [3.05, 3.63) is 11.6 Å². The molecule has 1 heterocycles. The molecular formula is C16H27N3O4. The van der Waals surface area contributed by atoms with E-state index in [9.17, 15) is 14.7 Å². The average Bonchev–Trinajstić information content (AvgIpc) is 2.49. The van der Waals surface area contributed by atoms with Crippen molar-refractivity contribution in [2.45, 2.75) is 57.3 Å². The number of nitrogens with two attached hydrogens (primary N) is 1. The first-order chi connectivity index (χ1) is 10.9. The summed E-state index contributed by atoms with van der Waals surface area (Å²) in [6, 6.07) is -0.902. The van der Waals surface area contributed by atoms with Crippen LogP contribution in [0.25, 0.3) is 0 Å². The van der Waals surface area contributed by atoms with Crippen molar-refractivity contribution in [3.63, 3.8) is 0 Å². The van der Waals surface area contributed by atoms with Gasteiger partial charge in [0.25, 0.3) is 0 Å². The van der Waals surface area contributed by atoms with Gasteiger partial charge in [-0.15, -0.1) is 0 Å². The lowest BCUT2D eigenvalue weighted by Crippen LogP contribution is -2.62. The summed E-state index contributed by atoms with van der Waals surface area (Å²) >= 11 is 0. The Balaban J connectivity index is 2.22. The Labute approximate surface area is 136 Å². The van der Waals surface area contributed by atoms with E-state index in [1.165, 1.54) is 6.92 Å². The quantitative estimate of drug-likeness (QED) is 0.662. The zero-order chi connectivity index (χ0) is 17.0. The van der Waals surface area contributed by atoms with E-state index in [-0.39, 0.29) is 30.5 Å². The van der Waals surface area contributed by atoms with Crippen molar-refractivity contribution in [2.24, 2.45) is 5.73 Å². The molecule has 0 radical (unpaired) electrons. The summed E-state index contributed by atoms with van der Waals surface area (Å²) in [6.07, 6.45) is 4.15. The van der Waals surface area contributed by atoms with Gasteiger partial charge in [-0.25, -0.2) is 4.79 Å². The van der Waals surface area contributed by atoms with Crippen LogP contribution in [0.5, 0.6) is 0 Å². The molecule has 2 aliphatic rings. The maximum Gasteiger partial charge on any atom is 0.331 e. The van der Waals surface area contributed by atoms with Crippen molar-refractivity contribution in [2.75, 3.05) is 19.7 Å². The molecule has 0 unspecified atom stereocenters. The molecule has 1 saturated heterocycles. The number of nitrogens with one attached hydrogen (secondary N) is 1. The normalized spacial score (nSPS) is 32.2. The third kappa shape index (κ3) is 4.53. The van der Waals surface area contributed by atoms with E-state index < -0.39 is 12.0 Å². The van der Waals surface area contributed by atoms with Crippen molar-refractivity contribution < 1.29 is 19.4 Å². The molecule has 7 nitrogen and oxygen atoms in total. The van der Waals surface area contributed by atoms with Gasteiger partial charge in [-0.3, -0.25) is 9.69 Å². The molecule has 4 atom stereocenters. The van der Waals surface area contributed by atoms with E-state index in [0.29, 0.717) is 12.2 Å². The number of carboxylic acids is 1. The smallest absolute Gasteiger partial charge is 0.331 e. The van der Waals surface area contributed by atoms with E-state index in [0.717, 1.165) is 25.9 Å². The Morgan fingerprint density at radius 1 is 1.52 bits per heavy atom. The lowest BCUT2D eigenvalue weighted by molar-refractivity contribution is -0.133. The maximum absolute atomic E-state index is 11.5. The molecule has 7 heteroatoms. The fourth-order valence-corrected chi connectivity index (χ4v) is 3.54. The second kappa shape index (κ2) is 7.90. The lowest BCUT2D eigenvalue weighted by atomic mass is 9.85. The third-order valence-electron chi connectivity index (χ3n) is 4.53. The van der Waals surface area contributed by atoms with E-state index in [1.54, 1.807) is 6.08 Å². The van der Waals surface area contributed by atoms with Crippen LogP contribution in [0.4, 0.5) is 0 Å². The number of hydrogen-bond acceptors (Lipinski definition) is 5. The molecule has 0 aromatic heterocycles. The number of hydrogen-bond donors (Lipinski definition) is 3. The summed E-state index contributed by atoms with van der Waals surface area (Å²) < 4.78 is 5.72. The summed E-state index contributed by atoms with van der Waals surface area (Å²) in [5.41, 5.74) is 6.49. The topological polar surface area (TPSA) is 105 Å². The Kier molecular flexibility index (Phi) is 6.15. The molecule has 1 fully saturated rings. The number of carbonyl (C=O) groups excluding carboxylic acids is 1. The van der Waals surface area contributed by atoms with Crippen molar-refractivity contribution in [3.8, 4) is 0 Å². The fourth-order valence-electron chi connectivity index (χ4n) is 3.54. The summed E-state index contributed by atoms with van der Waals surface area (Å²) in [5.74, 6) is -1.09. The van der Waals surface area contributed by atoms with Gasteiger partial charge in [0.2, 0.25) is 5.91 Å². The highest BCUT2D eigenvalue weighted by molar-refractivity contribution is 5.87. The Bertz CT molecular complexity index is 478. The van der Waals surface area contributed by atoms with Gasteiger partial charge in [-0.2, -0.15) is 0 Å². The first-order valence-corrected chi connectivity index (χ1v) is 8.24. The number of rotatable bonds is 5. The zero-order valence-electron chi connectivity index (χ0n) is 13.8. The summed E-state index contributed by atoms with van der Waals surface area (Å²) in [4.78, 5) is 25.1. The van der Waals surface area contributed by atoms with E-state index in [2.05, 4.69) is 10.2 Å². The van der Waals surface area contributed by atoms with Crippen LogP contribution in [0.2, 0.25) is 0 Å². The largest absolute Gasteiger partial charge is 0.478 e. The Hall–Kier alpha value is -1.44. The highest BCUT2D eigenvalue weighted by atomic mass is 16.5. The van der Waals surface area contributed by atoms with Gasteiger partial charge in [0.15, 0.2) is 0 Å². The van der Waals surface area contributed by atoms with Crippen molar-refractivity contribution >= 4 is 11.9 Å². The minimum absolute atomic E-state index is 0.145. The van der Waals surface area contributed by atoms with Gasteiger partial charge >= 0.3 is 5.97 Å². The van der Waals surface area contributed by atoms with Crippen LogP contribution in [0.1, 0.15) is 33.1 Å². The fraction of sp³-hybridized carbons (Fsp3) is 0.750. The van der Waals surface area contributed by atoms with Gasteiger partial charge in [0.1, 0.15) is 0 Å². The molecule has 23 heavy (non-hydrogen) atoms. The van der Waals surface area contributed by atoms with Gasteiger partial charge in [0, 0.05) is 31.7 Å². The number of ether oxygens (including phenoxy) is 1. The SMILES string of the molecule is CCO[C@@H]1CCCN([C@@H]2C=C(C(=O)O)C[C@H](N)[C@H]2NC(C)=O)C1. The molecule has 1 amide bonds. The minimum Gasteiger partial charge on any atom is -0.478 e. The predicted octanol–water partition coefficient (Wildman–Crippen LogP) is 0.103. The van der Waals surface area contributed by atoms with Gasteiger partial charge < -0.3 is 20.9 Å². The number of piperidine rings is 1. The number of carbonyl (C=O) groups is 2. The Morgan fingerprint density at radius 3 is 2.87 bits per heavy atom. The predicted molar refractivity (Wildman–Crippen MR) is 85.9 cm³/mol. The number of aliphatic carboxylic acids is 1. The Morgan fingerprint density at radius 2 is 2.26 bits per heavy atom. The molecule has 0 aromatic rings. The van der Waals surface area contributed by atoms with Crippen LogP contribution in [0, 0.1) is 0 Å². The summed E-state index contributed by atoms with van der Waals surface area (Å²) in [7, 11) is 0. The van der Waals surface area contributed by atoms with E-state index in [4.69, 9.17) is 10.5 Å². The van der Waals surface area contributed by atoms with Gasteiger partial charge in [0.05, 0.1) is 18.2 Å². The van der Waals surface area contributed by atoms with Crippen LogP contribution < -0.4 is 11.1 Å². The molecule has 1 aliphatic heterocycles. The zero-order valence-corrected chi connectivity index (χ0v) is 13.8. The average molecular weight is 325 g/mol. The molecule has 2 rings (SSSR count). The molecule has 0 bridgehead atoms. The van der Waals surface area contributed by atoms with Crippen LogP contribution >= 0.6 is 0 Å². The number of likely N-dealkylation sites (tertiary alicyclic amines) is 1. The first kappa shape index (κ1) is 17.9. The minimum atomic E-state index is -0.940. The highest BCUT2D eigenvalue weighted by Crippen LogP contribution is 2.26. The third-order valence-corrected chi connectivity index (χ3v) is 4.53. The molecule has 0 saturated carbocycles. The van der Waals surface area contributed by atoms with Crippen LogP contribution in [0.15, 0.2) is 11.6 Å². The first-order valence-electron chi connectivity index (χ1n) is 8.24. The molecule has 0 aromatic carbocycles. The van der Waals surface area contributed by atoms with E-state index in [1.807, 2.05) is 6.92 Å². The van der Waals surface area contributed by atoms with Crippen LogP contribution in [-0.4, -0.2) is 65.8 Å². The van der Waals surface area contributed by atoms with E-state index >= 15 is 0 Å². The van der Waals surface area contributed by atoms with Crippen molar-refractivity contribution in [1.82, 2.24) is 10.2 Å². The molecule has 1 aliphatic carbocycles. The summed E-state index contributed by atoms with van der Waals surface area (Å²) in [6.45, 7) is 5.66. The number of carboxylic acid groups (broad SMARTS) is 1. The maximum atomic E-state index is 11.5. The second-order valence-corrected chi connectivity index (χ2v) is 6.30. The van der Waals surface area contributed by atoms with Gasteiger partial charge in [-0.05, 0) is 32.7 Å². The standard InChI is InChI=1S/C16H27N3O4/c1-3-23-12-5-4-6-19(9-12)14-8-11(16(21)22)7-13(17)15(14)18-10(2)20/h8,12-15H,3-7,9,17H2,1-2H3,(H,18,20)(H,21,22)/t12-,13+,14-,15-/m1/s1. The lowest BCUT2D eigenvalue weighted by Gasteiger charge is -2.44. The monoisotopic (exact) mass is 325 g/mol. The summed E-state index contributed by atoms with van der Waals surface area (Å²) in [5, 5.41) is 12.2. The number of nitrogens with zero attached hydrogens (tertiary/aromatic N) is 1. The molecule has 130 valence electrons. The van der Waals surface area contributed by atoms with Gasteiger partial charge in [-0.1, -0.05) is 6.08 Å². The highest BCUT2D eigenvalue weighted by Gasteiger charge is 2.38. The van der Waals surface area contributed by atoms with Crippen LogP contribution in [-0.2, 0) is 14.3 Å². The van der Waals surface area contributed by atoms with Crippen molar-refractivity contribution in [1.29, 1.82) is 0 Å². The molecule has 0 spiro atoms.